The Bertz CT molecular complexity index is 153. The number of hydrogen-bond acceptors (Lipinski definition) is 2. The van der Waals surface area contributed by atoms with Gasteiger partial charge in [0.15, 0.2) is 4.16 Å². The van der Waals surface area contributed by atoms with Gasteiger partial charge < -0.3 is 0 Å². The fraction of sp³-hybridized carbons (Fsp3) is 1.00. The Morgan fingerprint density at radius 1 is 1.62 bits per heavy atom. The molecule has 1 unspecified atom stereocenters. The minimum atomic E-state index is -4.38. The van der Waals surface area contributed by atoms with Gasteiger partial charge in [-0.05, 0) is 0 Å². The van der Waals surface area contributed by atoms with Crippen molar-refractivity contribution in [2.24, 2.45) is 0 Å². The summed E-state index contributed by atoms with van der Waals surface area (Å²) in [5.74, 6) is 0. The zero-order valence-corrected chi connectivity index (χ0v) is 7.63. The largest absolute Gasteiger partial charge is 0.316 e. The predicted molar refractivity (Wildman–Crippen MR) is 36.5 cm³/mol. The van der Waals surface area contributed by atoms with Crippen LogP contribution in [0.2, 0.25) is 0 Å². The van der Waals surface area contributed by atoms with Gasteiger partial charge in [-0.3, -0.25) is 0 Å². The highest BCUT2D eigenvalue weighted by molar-refractivity contribution is 9.13. The van der Waals surface area contributed by atoms with Crippen molar-refractivity contribution in [3.8, 4) is 0 Å². The Kier molecular flexibility index (Phi) is 3.45. The molecule has 0 aromatic heterocycles. The van der Waals surface area contributed by atoms with Gasteiger partial charge in [0.1, 0.15) is 0 Å². The summed E-state index contributed by atoms with van der Waals surface area (Å²) in [6, 6.07) is 0. The lowest BCUT2D eigenvalue weighted by Gasteiger charge is -1.94. The standard InChI is InChI=1S/C2H3Br2FO2S/c3-1-2(4)8(5,6)7/h2H,1H2. The van der Waals surface area contributed by atoms with E-state index in [1.54, 1.807) is 0 Å². The van der Waals surface area contributed by atoms with Gasteiger partial charge in [-0.25, -0.2) is 0 Å². The van der Waals surface area contributed by atoms with Crippen molar-refractivity contribution >= 4 is 42.1 Å². The van der Waals surface area contributed by atoms with Crippen molar-refractivity contribution in [2.75, 3.05) is 5.33 Å². The van der Waals surface area contributed by atoms with Gasteiger partial charge in [-0.1, -0.05) is 31.9 Å². The van der Waals surface area contributed by atoms with Crippen molar-refractivity contribution in [3.63, 3.8) is 0 Å². The molecular formula is C2H3Br2FO2S. The smallest absolute Gasteiger partial charge is 0.194 e. The molecule has 1 atom stereocenters. The van der Waals surface area contributed by atoms with Crippen molar-refractivity contribution in [1.29, 1.82) is 0 Å². The second-order valence-corrected chi connectivity index (χ2v) is 4.92. The average Bonchev–Trinajstić information content (AvgIpc) is 1.62. The zero-order valence-electron chi connectivity index (χ0n) is 3.64. The average molecular weight is 270 g/mol. The van der Waals surface area contributed by atoms with E-state index in [1.165, 1.54) is 0 Å². The molecule has 0 saturated heterocycles. The Hall–Kier alpha value is 0.840. The molecule has 0 heterocycles. The first-order chi connectivity index (χ1) is 3.48. The maximum Gasteiger partial charge on any atom is 0.316 e. The van der Waals surface area contributed by atoms with Gasteiger partial charge in [0, 0.05) is 5.33 Å². The van der Waals surface area contributed by atoms with Gasteiger partial charge in [-0.15, -0.1) is 3.89 Å². The van der Waals surface area contributed by atoms with Crippen LogP contribution in [0.5, 0.6) is 0 Å². The Labute approximate surface area is 63.9 Å². The highest BCUT2D eigenvalue weighted by atomic mass is 79.9. The van der Waals surface area contributed by atoms with Crippen LogP contribution < -0.4 is 0 Å². The molecule has 0 aliphatic carbocycles. The molecule has 0 bridgehead atoms. The van der Waals surface area contributed by atoms with E-state index in [4.69, 9.17) is 0 Å². The fourth-order valence-corrected chi connectivity index (χ4v) is 1.17. The van der Waals surface area contributed by atoms with E-state index in [9.17, 15) is 12.3 Å². The monoisotopic (exact) mass is 268 g/mol. The molecule has 0 rings (SSSR count). The number of halogens is 3. The molecule has 2 nitrogen and oxygen atoms in total. The van der Waals surface area contributed by atoms with Crippen LogP contribution in [-0.4, -0.2) is 17.9 Å². The Morgan fingerprint density at radius 2 is 2.00 bits per heavy atom. The topological polar surface area (TPSA) is 34.1 Å². The number of rotatable bonds is 2. The maximum atomic E-state index is 11.7. The fourth-order valence-electron chi connectivity index (χ4n) is 0.0752. The highest BCUT2D eigenvalue weighted by Crippen LogP contribution is 2.12. The SMILES string of the molecule is O=S(=O)(F)C(Br)CBr. The lowest BCUT2D eigenvalue weighted by atomic mass is 11.0. The normalized spacial score (nSPS) is 15.9. The Balaban J connectivity index is 4.04. The molecule has 0 fully saturated rings. The summed E-state index contributed by atoms with van der Waals surface area (Å²) in [6.45, 7) is 0. The van der Waals surface area contributed by atoms with Gasteiger partial charge >= 0.3 is 10.2 Å². The van der Waals surface area contributed by atoms with E-state index in [0.29, 0.717) is 0 Å². The second kappa shape index (κ2) is 3.12. The molecule has 0 aliphatic rings. The summed E-state index contributed by atoms with van der Waals surface area (Å²) >= 11 is 5.37. The van der Waals surface area contributed by atoms with Gasteiger partial charge in [0.05, 0.1) is 0 Å². The van der Waals surface area contributed by atoms with Crippen LogP contribution in [0, 0.1) is 0 Å². The summed E-state index contributed by atoms with van der Waals surface area (Å²) in [5, 5.41) is 0.0613. The van der Waals surface area contributed by atoms with Crippen LogP contribution >= 0.6 is 31.9 Å². The zero-order chi connectivity index (χ0) is 6.78. The van der Waals surface area contributed by atoms with Crippen LogP contribution in [0.15, 0.2) is 0 Å². The van der Waals surface area contributed by atoms with Crippen LogP contribution in [0.4, 0.5) is 3.89 Å². The molecule has 0 aromatic carbocycles. The van der Waals surface area contributed by atoms with E-state index in [0.717, 1.165) is 0 Å². The molecule has 0 aliphatic heterocycles. The molecule has 0 N–H and O–H groups in total. The summed E-state index contributed by atoms with van der Waals surface area (Å²) in [7, 11) is -4.38. The van der Waals surface area contributed by atoms with Gasteiger partial charge in [0.2, 0.25) is 0 Å². The first-order valence-corrected chi connectivity index (χ1v) is 5.10. The van der Waals surface area contributed by atoms with Crippen LogP contribution in [0.1, 0.15) is 0 Å². The van der Waals surface area contributed by atoms with Crippen molar-refractivity contribution in [1.82, 2.24) is 0 Å². The summed E-state index contributed by atoms with van der Waals surface area (Å²) < 4.78 is 30.2. The van der Waals surface area contributed by atoms with E-state index in [1.807, 2.05) is 0 Å². The van der Waals surface area contributed by atoms with Crippen LogP contribution in [-0.2, 0) is 10.2 Å². The molecule has 0 saturated carbocycles. The minimum absolute atomic E-state index is 0.0613. The van der Waals surface area contributed by atoms with E-state index in [-0.39, 0.29) is 5.33 Å². The third-order valence-electron chi connectivity index (χ3n) is 0.427. The molecule has 6 heteroatoms. The predicted octanol–water partition coefficient (Wildman–Crippen LogP) is 1.40. The van der Waals surface area contributed by atoms with Gasteiger partial charge in [0.25, 0.3) is 0 Å². The highest BCUT2D eigenvalue weighted by Gasteiger charge is 2.18. The van der Waals surface area contributed by atoms with Crippen molar-refractivity contribution < 1.29 is 12.3 Å². The third kappa shape index (κ3) is 2.99. The third-order valence-corrected chi connectivity index (χ3v) is 4.81. The molecule has 0 aromatic rings. The molecular weight excluding hydrogens is 267 g/mol. The Morgan fingerprint density at radius 3 is 2.00 bits per heavy atom. The van der Waals surface area contributed by atoms with Crippen molar-refractivity contribution in [2.45, 2.75) is 4.16 Å². The summed E-state index contributed by atoms with van der Waals surface area (Å²) in [5.41, 5.74) is 0. The first kappa shape index (κ1) is 8.84. The first-order valence-electron chi connectivity index (χ1n) is 1.62. The van der Waals surface area contributed by atoms with Gasteiger partial charge in [-0.2, -0.15) is 8.42 Å². The number of hydrogen-bond donors (Lipinski definition) is 0. The van der Waals surface area contributed by atoms with E-state index in [2.05, 4.69) is 31.9 Å². The molecule has 8 heavy (non-hydrogen) atoms. The number of alkyl halides is 2. The van der Waals surface area contributed by atoms with E-state index >= 15 is 0 Å². The molecule has 50 valence electrons. The second-order valence-electron chi connectivity index (χ2n) is 1.04. The summed E-state index contributed by atoms with van der Waals surface area (Å²) in [4.78, 5) is 0. The lowest BCUT2D eigenvalue weighted by molar-refractivity contribution is 0.552. The minimum Gasteiger partial charge on any atom is -0.194 e. The van der Waals surface area contributed by atoms with E-state index < -0.39 is 14.4 Å². The quantitative estimate of drug-likeness (QED) is 0.561. The molecule has 0 amide bonds. The summed E-state index contributed by atoms with van der Waals surface area (Å²) in [6.07, 6.45) is 0. The van der Waals surface area contributed by atoms with Crippen LogP contribution in [0.25, 0.3) is 0 Å². The molecule has 0 spiro atoms. The van der Waals surface area contributed by atoms with Crippen molar-refractivity contribution in [3.05, 3.63) is 0 Å². The lowest BCUT2D eigenvalue weighted by Crippen LogP contribution is -2.09. The van der Waals surface area contributed by atoms with Crippen LogP contribution in [0.3, 0.4) is 0 Å². The molecule has 0 radical (unpaired) electrons. The maximum absolute atomic E-state index is 11.7.